The molecule has 2 rings (SSSR count). The molecule has 1 aromatic heterocycles. The minimum absolute atomic E-state index is 0.0646. The van der Waals surface area contributed by atoms with Crippen LogP contribution in [0.2, 0.25) is 0 Å². The van der Waals surface area contributed by atoms with E-state index in [0.29, 0.717) is 13.1 Å². The highest BCUT2D eigenvalue weighted by atomic mass is 32.2. The molecule has 1 aliphatic heterocycles. The van der Waals surface area contributed by atoms with Gasteiger partial charge in [0.2, 0.25) is 5.09 Å². The number of carbonyl (C=O) groups is 1. The molecular weight excluding hydrogens is 296 g/mol. The van der Waals surface area contributed by atoms with Crippen LogP contribution < -0.4 is 5.73 Å². The van der Waals surface area contributed by atoms with E-state index in [9.17, 15) is 13.2 Å². The Morgan fingerprint density at radius 1 is 1.57 bits per heavy atom. The molecule has 2 heterocycles. The van der Waals surface area contributed by atoms with Crippen LogP contribution >= 0.6 is 0 Å². The first-order chi connectivity index (χ1) is 9.86. The van der Waals surface area contributed by atoms with Crippen molar-refractivity contribution in [3.63, 3.8) is 0 Å². The Balaban J connectivity index is 2.21. The van der Waals surface area contributed by atoms with Crippen molar-refractivity contribution in [3.8, 4) is 0 Å². The zero-order chi connectivity index (χ0) is 15.6. The second-order valence-electron chi connectivity index (χ2n) is 5.27. The molecule has 0 aliphatic carbocycles. The number of nitrogens with zero attached hydrogens (tertiary/aromatic N) is 1. The summed E-state index contributed by atoms with van der Waals surface area (Å²) in [4.78, 5) is 11.4. The Kier molecular flexibility index (Phi) is 4.70. The maximum Gasteiger partial charge on any atom is 0.341 e. The maximum absolute atomic E-state index is 12.5. The van der Waals surface area contributed by atoms with Crippen LogP contribution in [0.15, 0.2) is 21.8 Å². The van der Waals surface area contributed by atoms with Crippen molar-refractivity contribution in [2.24, 2.45) is 11.7 Å². The third-order valence-electron chi connectivity index (χ3n) is 3.75. The van der Waals surface area contributed by atoms with Gasteiger partial charge in [-0.25, -0.2) is 13.2 Å². The standard InChI is InChI=1S/C13H20N2O5S/c1-9(14)10-4-3-5-15(7-10)21(17,18)12-6-11(8-20-12)13(16)19-2/h6,8-10H,3-5,7,14H2,1-2H3. The first-order valence-corrected chi connectivity index (χ1v) is 8.23. The highest BCUT2D eigenvalue weighted by Crippen LogP contribution is 2.26. The summed E-state index contributed by atoms with van der Waals surface area (Å²) in [6.45, 7) is 2.68. The van der Waals surface area contributed by atoms with Gasteiger partial charge in [-0.2, -0.15) is 4.31 Å². The number of nitrogens with two attached hydrogens (primary N) is 1. The largest absolute Gasteiger partial charge is 0.465 e. The predicted octanol–water partition coefficient (Wildman–Crippen LogP) is 0.814. The van der Waals surface area contributed by atoms with Gasteiger partial charge in [-0.15, -0.1) is 0 Å². The molecule has 0 spiro atoms. The van der Waals surface area contributed by atoms with Crippen LogP contribution in [-0.2, 0) is 14.8 Å². The molecule has 8 heteroatoms. The molecular formula is C13H20N2O5S. The fraction of sp³-hybridized carbons (Fsp3) is 0.615. The van der Waals surface area contributed by atoms with Crippen LogP contribution in [0.5, 0.6) is 0 Å². The Morgan fingerprint density at radius 2 is 2.29 bits per heavy atom. The summed E-state index contributed by atoms with van der Waals surface area (Å²) in [5, 5.41) is -0.242. The number of rotatable bonds is 4. The number of hydrogen-bond acceptors (Lipinski definition) is 6. The predicted molar refractivity (Wildman–Crippen MR) is 75.2 cm³/mol. The highest BCUT2D eigenvalue weighted by molar-refractivity contribution is 7.89. The number of methoxy groups -OCH3 is 1. The molecule has 1 aliphatic rings. The maximum atomic E-state index is 12.5. The van der Waals surface area contributed by atoms with E-state index in [1.807, 2.05) is 6.92 Å². The summed E-state index contributed by atoms with van der Waals surface area (Å²) in [6, 6.07) is 1.13. The molecule has 2 N–H and O–H groups in total. The van der Waals surface area contributed by atoms with Gasteiger partial charge in [0.1, 0.15) is 6.26 Å². The van der Waals surface area contributed by atoms with Gasteiger partial charge in [0.25, 0.3) is 10.0 Å². The van der Waals surface area contributed by atoms with Crippen molar-refractivity contribution in [2.75, 3.05) is 20.2 Å². The molecule has 21 heavy (non-hydrogen) atoms. The lowest BCUT2D eigenvalue weighted by atomic mass is 9.93. The summed E-state index contributed by atoms with van der Waals surface area (Å²) in [7, 11) is -2.52. The number of piperidine rings is 1. The topological polar surface area (TPSA) is 103 Å². The summed E-state index contributed by atoms with van der Waals surface area (Å²) in [5.41, 5.74) is 5.95. The molecule has 1 fully saturated rings. The van der Waals surface area contributed by atoms with E-state index < -0.39 is 16.0 Å². The van der Waals surface area contributed by atoms with Crippen LogP contribution in [0.25, 0.3) is 0 Å². The Morgan fingerprint density at radius 3 is 2.90 bits per heavy atom. The van der Waals surface area contributed by atoms with Gasteiger partial charge >= 0.3 is 5.97 Å². The van der Waals surface area contributed by atoms with E-state index >= 15 is 0 Å². The number of hydrogen-bond donors (Lipinski definition) is 1. The average molecular weight is 316 g/mol. The fourth-order valence-corrected chi connectivity index (χ4v) is 3.88. The normalized spacial score (nSPS) is 22.0. The molecule has 0 aromatic carbocycles. The average Bonchev–Trinajstić information content (AvgIpc) is 2.97. The lowest BCUT2D eigenvalue weighted by Gasteiger charge is -2.33. The van der Waals surface area contributed by atoms with Crippen LogP contribution in [0.3, 0.4) is 0 Å². The number of ether oxygens (including phenoxy) is 1. The lowest BCUT2D eigenvalue weighted by molar-refractivity contribution is 0.0600. The van der Waals surface area contributed by atoms with Crippen molar-refractivity contribution in [3.05, 3.63) is 17.9 Å². The van der Waals surface area contributed by atoms with Gasteiger partial charge < -0.3 is 14.9 Å². The monoisotopic (exact) mass is 316 g/mol. The number of furan rings is 1. The molecule has 2 unspecified atom stereocenters. The Labute approximate surface area is 124 Å². The van der Waals surface area contributed by atoms with E-state index in [-0.39, 0.29) is 22.6 Å². The number of carbonyl (C=O) groups excluding carboxylic acids is 1. The molecule has 118 valence electrons. The quantitative estimate of drug-likeness (QED) is 0.825. The lowest BCUT2D eigenvalue weighted by Crippen LogP contribution is -2.44. The molecule has 7 nitrogen and oxygen atoms in total. The molecule has 0 amide bonds. The third-order valence-corrected chi connectivity index (χ3v) is 5.49. The van der Waals surface area contributed by atoms with Crippen molar-refractivity contribution in [1.29, 1.82) is 0 Å². The molecule has 1 aromatic rings. The van der Waals surface area contributed by atoms with E-state index in [4.69, 9.17) is 10.2 Å². The van der Waals surface area contributed by atoms with Gasteiger partial charge in [-0.05, 0) is 25.7 Å². The minimum atomic E-state index is -3.75. The second-order valence-corrected chi connectivity index (χ2v) is 7.14. The fourth-order valence-electron chi connectivity index (χ4n) is 2.43. The van der Waals surface area contributed by atoms with Crippen molar-refractivity contribution >= 4 is 16.0 Å². The van der Waals surface area contributed by atoms with Crippen molar-refractivity contribution in [2.45, 2.75) is 30.9 Å². The molecule has 1 saturated heterocycles. The van der Waals surface area contributed by atoms with E-state index in [2.05, 4.69) is 4.74 Å². The zero-order valence-corrected chi connectivity index (χ0v) is 12.9. The van der Waals surface area contributed by atoms with Gasteiger partial charge in [0.15, 0.2) is 0 Å². The molecule has 0 bridgehead atoms. The minimum Gasteiger partial charge on any atom is -0.465 e. The third kappa shape index (κ3) is 3.28. The van der Waals surface area contributed by atoms with Crippen LogP contribution in [0.4, 0.5) is 0 Å². The smallest absolute Gasteiger partial charge is 0.341 e. The Bertz CT molecular complexity index is 608. The molecule has 0 saturated carbocycles. The van der Waals surface area contributed by atoms with Crippen LogP contribution in [0, 0.1) is 5.92 Å². The van der Waals surface area contributed by atoms with E-state index in [0.717, 1.165) is 19.1 Å². The van der Waals surface area contributed by atoms with Gasteiger partial charge in [0.05, 0.1) is 12.7 Å². The van der Waals surface area contributed by atoms with Crippen molar-refractivity contribution in [1.82, 2.24) is 4.31 Å². The summed E-state index contributed by atoms with van der Waals surface area (Å²) >= 11 is 0. The highest BCUT2D eigenvalue weighted by Gasteiger charge is 2.34. The van der Waals surface area contributed by atoms with Gasteiger partial charge in [-0.3, -0.25) is 0 Å². The zero-order valence-electron chi connectivity index (χ0n) is 12.1. The summed E-state index contributed by atoms with van der Waals surface area (Å²) in [5.74, 6) is -0.504. The van der Waals surface area contributed by atoms with E-state index in [1.165, 1.54) is 17.5 Å². The summed E-state index contributed by atoms with van der Waals surface area (Å²) in [6.07, 6.45) is 2.76. The van der Waals surface area contributed by atoms with Gasteiger partial charge in [-0.1, -0.05) is 0 Å². The first kappa shape index (κ1) is 16.0. The van der Waals surface area contributed by atoms with Crippen LogP contribution in [0.1, 0.15) is 30.1 Å². The van der Waals surface area contributed by atoms with Gasteiger partial charge in [0, 0.05) is 25.2 Å². The van der Waals surface area contributed by atoms with E-state index in [1.54, 1.807) is 0 Å². The van der Waals surface area contributed by atoms with Crippen LogP contribution in [-0.4, -0.2) is 44.9 Å². The summed E-state index contributed by atoms with van der Waals surface area (Å²) < 4.78 is 36.0. The van der Waals surface area contributed by atoms with Crippen molar-refractivity contribution < 1.29 is 22.4 Å². The Hall–Kier alpha value is -1.38. The molecule has 2 atom stereocenters. The first-order valence-electron chi connectivity index (χ1n) is 6.79. The number of sulfonamides is 1. The molecule has 0 radical (unpaired) electrons. The SMILES string of the molecule is COC(=O)c1coc(S(=O)(=O)N2CCCC(C(C)N)C2)c1. The second kappa shape index (κ2) is 6.17. The number of esters is 1.